The first-order valence-electron chi connectivity index (χ1n) is 11.9. The standard InChI is InChI=1S/C25H28O15/c1-7(26)15(31)17(33)19(35)23-20(36)18(34)21(37)25(39-23)40-24-16(32)14-12(30)5-9(27)6-13(14)38-22(24)8-2-3-10(28)11(29)4-8/h2-7,15,17-21,23,25-31,33-37H,1H3. The maximum Gasteiger partial charge on any atom is 0.239 e. The van der Waals surface area contributed by atoms with Gasteiger partial charge in [-0.3, -0.25) is 4.79 Å². The van der Waals surface area contributed by atoms with Crippen molar-refractivity contribution in [1.82, 2.24) is 0 Å². The average molecular weight is 568 g/mol. The van der Waals surface area contributed by atoms with Crippen LogP contribution in [0.5, 0.6) is 28.7 Å². The van der Waals surface area contributed by atoms with E-state index in [2.05, 4.69) is 0 Å². The monoisotopic (exact) mass is 568 g/mol. The third-order valence-corrected chi connectivity index (χ3v) is 6.53. The summed E-state index contributed by atoms with van der Waals surface area (Å²) >= 11 is 0. The van der Waals surface area contributed by atoms with Gasteiger partial charge in [0.2, 0.25) is 17.5 Å². The molecular weight excluding hydrogens is 540 g/mol. The van der Waals surface area contributed by atoms with Crippen LogP contribution in [0.2, 0.25) is 0 Å². The number of aliphatic hydroxyl groups is 7. The van der Waals surface area contributed by atoms with Crippen molar-refractivity contribution in [1.29, 1.82) is 0 Å². The number of hydrogen-bond acceptors (Lipinski definition) is 15. The highest BCUT2D eigenvalue weighted by Gasteiger charge is 2.50. The molecule has 0 amide bonds. The fraction of sp³-hybridized carbons (Fsp3) is 0.400. The third kappa shape index (κ3) is 5.24. The minimum absolute atomic E-state index is 0.0786. The molecule has 1 aliphatic rings. The van der Waals surface area contributed by atoms with Gasteiger partial charge >= 0.3 is 0 Å². The van der Waals surface area contributed by atoms with Crippen molar-refractivity contribution < 1.29 is 70.1 Å². The molecule has 9 atom stereocenters. The number of fused-ring (bicyclic) bond motifs is 1. The molecule has 2 heterocycles. The van der Waals surface area contributed by atoms with Gasteiger partial charge < -0.3 is 70.1 Å². The van der Waals surface area contributed by atoms with E-state index in [1.54, 1.807) is 0 Å². The van der Waals surface area contributed by atoms with Crippen LogP contribution in [-0.2, 0) is 4.74 Å². The largest absolute Gasteiger partial charge is 0.508 e. The van der Waals surface area contributed by atoms with Gasteiger partial charge in [-0.2, -0.15) is 0 Å². The Labute approximate surface area is 224 Å². The van der Waals surface area contributed by atoms with E-state index in [4.69, 9.17) is 13.9 Å². The zero-order chi connectivity index (χ0) is 29.6. The zero-order valence-corrected chi connectivity index (χ0v) is 20.6. The normalized spacial score (nSPS) is 26.2. The predicted molar refractivity (Wildman–Crippen MR) is 132 cm³/mol. The topological polar surface area (TPSA) is 271 Å². The molecule has 0 aliphatic carbocycles. The van der Waals surface area contributed by atoms with Crippen molar-refractivity contribution in [3.05, 3.63) is 40.6 Å². The smallest absolute Gasteiger partial charge is 0.239 e. The van der Waals surface area contributed by atoms with Crippen LogP contribution < -0.4 is 10.2 Å². The fourth-order valence-electron chi connectivity index (χ4n) is 4.28. The summed E-state index contributed by atoms with van der Waals surface area (Å²) in [7, 11) is 0. The van der Waals surface area contributed by atoms with Crippen molar-refractivity contribution >= 4 is 11.0 Å². The number of aliphatic hydroxyl groups excluding tert-OH is 7. The first-order chi connectivity index (χ1) is 18.7. The third-order valence-electron chi connectivity index (χ3n) is 6.53. The second-order valence-electron chi connectivity index (χ2n) is 9.40. The molecule has 1 saturated heterocycles. The molecule has 15 heteroatoms. The molecule has 0 saturated carbocycles. The van der Waals surface area contributed by atoms with Gasteiger partial charge in [0, 0.05) is 17.7 Å². The first kappa shape index (κ1) is 29.3. The van der Waals surface area contributed by atoms with E-state index < -0.39 is 100 Å². The van der Waals surface area contributed by atoms with Gasteiger partial charge in [0.25, 0.3) is 0 Å². The number of ether oxygens (including phenoxy) is 2. The van der Waals surface area contributed by atoms with E-state index in [0.29, 0.717) is 0 Å². The van der Waals surface area contributed by atoms with Gasteiger partial charge in [0.1, 0.15) is 65.2 Å². The molecule has 11 N–H and O–H groups in total. The highest BCUT2D eigenvalue weighted by Crippen LogP contribution is 2.39. The van der Waals surface area contributed by atoms with Gasteiger partial charge in [-0.05, 0) is 25.1 Å². The number of aromatic hydroxyl groups is 4. The lowest BCUT2D eigenvalue weighted by Crippen LogP contribution is -2.64. The Bertz CT molecular complexity index is 1440. The summed E-state index contributed by atoms with van der Waals surface area (Å²) in [5.74, 6) is -3.59. The highest BCUT2D eigenvalue weighted by molar-refractivity contribution is 5.88. The lowest BCUT2D eigenvalue weighted by Gasteiger charge is -2.43. The van der Waals surface area contributed by atoms with Gasteiger partial charge in [0.05, 0.1) is 6.10 Å². The second kappa shape index (κ2) is 11.1. The molecule has 9 unspecified atom stereocenters. The van der Waals surface area contributed by atoms with E-state index in [0.717, 1.165) is 31.2 Å². The molecule has 4 rings (SSSR count). The Morgan fingerprint density at radius 2 is 1.50 bits per heavy atom. The van der Waals surface area contributed by atoms with E-state index >= 15 is 0 Å². The molecule has 0 spiro atoms. The van der Waals surface area contributed by atoms with Crippen molar-refractivity contribution in [2.45, 2.75) is 62.0 Å². The summed E-state index contributed by atoms with van der Waals surface area (Å²) < 4.78 is 16.6. The summed E-state index contributed by atoms with van der Waals surface area (Å²) in [6.07, 6.45) is -17.9. The Morgan fingerprint density at radius 3 is 2.12 bits per heavy atom. The molecule has 1 aliphatic heterocycles. The molecule has 0 bridgehead atoms. The van der Waals surface area contributed by atoms with Crippen molar-refractivity contribution in [3.8, 4) is 40.1 Å². The van der Waals surface area contributed by atoms with Crippen LogP contribution in [0.3, 0.4) is 0 Å². The SMILES string of the molecule is CC(O)C(O)C(O)C(O)C1OC(Oc2c(-c3ccc(O)c(O)c3)oc3cc(O)cc(O)c3c2=O)C(O)C(O)C1O. The Hall–Kier alpha value is -3.67. The van der Waals surface area contributed by atoms with Crippen LogP contribution in [0.25, 0.3) is 22.3 Å². The van der Waals surface area contributed by atoms with Crippen LogP contribution in [0.15, 0.2) is 39.5 Å². The van der Waals surface area contributed by atoms with Crippen molar-refractivity contribution in [2.24, 2.45) is 0 Å². The maximum absolute atomic E-state index is 13.5. The minimum Gasteiger partial charge on any atom is -0.508 e. The summed E-state index contributed by atoms with van der Waals surface area (Å²) in [4.78, 5) is 13.5. The minimum atomic E-state index is -2.15. The van der Waals surface area contributed by atoms with E-state index in [-0.39, 0.29) is 11.1 Å². The lowest BCUT2D eigenvalue weighted by molar-refractivity contribution is -0.298. The summed E-state index contributed by atoms with van der Waals surface area (Å²) in [5.41, 5.74) is -1.49. The Kier molecular flexibility index (Phi) is 8.11. The molecule has 3 aromatic rings. The Morgan fingerprint density at radius 1 is 0.825 bits per heavy atom. The van der Waals surface area contributed by atoms with Crippen LogP contribution >= 0.6 is 0 Å². The van der Waals surface area contributed by atoms with Crippen LogP contribution in [0.1, 0.15) is 6.92 Å². The summed E-state index contributed by atoms with van der Waals surface area (Å²) in [5, 5.41) is 111. The van der Waals surface area contributed by atoms with Crippen LogP contribution in [0, 0.1) is 0 Å². The lowest BCUT2D eigenvalue weighted by atomic mass is 9.90. The number of phenolic OH excluding ortho intramolecular Hbond substituents is 4. The number of phenols is 4. The van der Waals surface area contributed by atoms with Gasteiger partial charge in [-0.1, -0.05) is 0 Å². The van der Waals surface area contributed by atoms with Gasteiger partial charge in [-0.15, -0.1) is 0 Å². The van der Waals surface area contributed by atoms with Crippen molar-refractivity contribution in [2.75, 3.05) is 0 Å². The fourth-order valence-corrected chi connectivity index (χ4v) is 4.28. The summed E-state index contributed by atoms with van der Waals surface area (Å²) in [6.45, 7) is 1.11. The predicted octanol–water partition coefficient (Wildman–Crippen LogP) is -2.07. The van der Waals surface area contributed by atoms with E-state index in [1.807, 2.05) is 0 Å². The average Bonchev–Trinajstić information content (AvgIpc) is 2.89. The van der Waals surface area contributed by atoms with Crippen molar-refractivity contribution in [3.63, 3.8) is 0 Å². The molecule has 15 nitrogen and oxygen atoms in total. The number of benzene rings is 2. The molecule has 1 fully saturated rings. The number of hydrogen-bond donors (Lipinski definition) is 11. The van der Waals surface area contributed by atoms with Crippen LogP contribution in [0.4, 0.5) is 0 Å². The Balaban J connectivity index is 1.82. The zero-order valence-electron chi connectivity index (χ0n) is 20.6. The van der Waals surface area contributed by atoms with Gasteiger partial charge in [-0.25, -0.2) is 0 Å². The molecule has 40 heavy (non-hydrogen) atoms. The van der Waals surface area contributed by atoms with E-state index in [1.165, 1.54) is 6.07 Å². The number of rotatable bonds is 7. The highest BCUT2D eigenvalue weighted by atomic mass is 16.7. The summed E-state index contributed by atoms with van der Waals surface area (Å²) in [6, 6.07) is 5.06. The maximum atomic E-state index is 13.5. The van der Waals surface area contributed by atoms with Gasteiger partial charge in [0.15, 0.2) is 17.3 Å². The second-order valence-corrected chi connectivity index (χ2v) is 9.40. The first-order valence-corrected chi connectivity index (χ1v) is 11.9. The molecule has 218 valence electrons. The quantitative estimate of drug-likeness (QED) is 0.137. The van der Waals surface area contributed by atoms with E-state index in [9.17, 15) is 61.0 Å². The molecular formula is C25H28O15. The molecule has 0 radical (unpaired) electrons. The molecule has 2 aromatic carbocycles. The van der Waals surface area contributed by atoms with Crippen LogP contribution in [-0.4, -0.2) is 111 Å². The molecule has 1 aromatic heterocycles.